The van der Waals surface area contributed by atoms with Crippen molar-refractivity contribution in [2.45, 2.75) is 0 Å². The van der Waals surface area contributed by atoms with E-state index in [-0.39, 0.29) is 0 Å². The molecule has 0 amide bonds. The largest absolute Gasteiger partial charge is 0.455 e. The van der Waals surface area contributed by atoms with Crippen molar-refractivity contribution < 1.29 is 4.42 Å². The van der Waals surface area contributed by atoms with Crippen LogP contribution in [0.5, 0.6) is 0 Å². The molecule has 2 heterocycles. The molecule has 0 aliphatic rings. The van der Waals surface area contributed by atoms with Gasteiger partial charge in [-0.1, -0.05) is 146 Å². The molecule has 0 unspecified atom stereocenters. The van der Waals surface area contributed by atoms with E-state index in [1.165, 1.54) is 27.6 Å². The van der Waals surface area contributed by atoms with E-state index in [1.54, 1.807) is 0 Å². The highest BCUT2D eigenvalue weighted by Gasteiger charge is 2.18. The maximum Gasteiger partial charge on any atom is 0.161 e. The van der Waals surface area contributed by atoms with E-state index in [0.717, 1.165) is 55.4 Å². The second-order valence-electron chi connectivity index (χ2n) is 11.8. The molecule has 0 saturated heterocycles. The highest BCUT2D eigenvalue weighted by molar-refractivity contribution is 6.09. The minimum absolute atomic E-state index is 0.675. The Morgan fingerprint density at radius 2 is 0.894 bits per heavy atom. The summed E-state index contributed by atoms with van der Waals surface area (Å²) in [7, 11) is 0. The van der Waals surface area contributed by atoms with Crippen LogP contribution in [0.25, 0.3) is 88.9 Å². The summed E-state index contributed by atoms with van der Waals surface area (Å²) in [5, 5.41) is 4.44. The van der Waals surface area contributed by atoms with Crippen molar-refractivity contribution in [3.05, 3.63) is 170 Å². The zero-order valence-corrected chi connectivity index (χ0v) is 25.5. The van der Waals surface area contributed by atoms with Crippen molar-refractivity contribution in [1.82, 2.24) is 9.97 Å². The monoisotopic (exact) mass is 600 g/mol. The van der Waals surface area contributed by atoms with Crippen molar-refractivity contribution in [3.63, 3.8) is 0 Å². The first kappa shape index (κ1) is 27.0. The Bertz CT molecular complexity index is 2550. The fraction of sp³-hybridized carbons (Fsp3) is 0. The molecule has 0 spiro atoms. The fourth-order valence-electron chi connectivity index (χ4n) is 6.63. The van der Waals surface area contributed by atoms with Gasteiger partial charge in [-0.3, -0.25) is 0 Å². The summed E-state index contributed by atoms with van der Waals surface area (Å²) >= 11 is 0. The lowest BCUT2D eigenvalue weighted by molar-refractivity contribution is 0.670. The molecule has 9 aromatic rings. The molecule has 0 atom stereocenters. The van der Waals surface area contributed by atoms with Gasteiger partial charge in [0, 0.05) is 27.5 Å². The standard InChI is InChI=1S/C44H28N2O/c1-3-12-29(13-4-1)30-22-24-32(25-23-30)40-28-41(39-20-11-19-37-36-18-9-10-21-42(36)47-43(37)39)46-44(45-40)38-27-26-33(31-14-5-2-6-15-31)34-16-7-8-17-35(34)38/h1-28H. The molecule has 0 saturated carbocycles. The second kappa shape index (κ2) is 11.2. The van der Waals surface area contributed by atoms with Gasteiger partial charge in [-0.05, 0) is 57.3 Å². The number of rotatable bonds is 5. The number of fused-ring (bicyclic) bond motifs is 4. The van der Waals surface area contributed by atoms with Crippen LogP contribution in [0, 0.1) is 0 Å². The number of hydrogen-bond donors (Lipinski definition) is 0. The molecular formula is C44H28N2O. The van der Waals surface area contributed by atoms with E-state index in [2.05, 4.69) is 146 Å². The van der Waals surface area contributed by atoms with E-state index in [4.69, 9.17) is 14.4 Å². The Morgan fingerprint density at radius 1 is 0.340 bits per heavy atom. The lowest BCUT2D eigenvalue weighted by Crippen LogP contribution is -1.97. The molecule has 7 aromatic carbocycles. The van der Waals surface area contributed by atoms with Crippen molar-refractivity contribution in [2.24, 2.45) is 0 Å². The number of hydrogen-bond acceptors (Lipinski definition) is 3. The Morgan fingerprint density at radius 3 is 1.66 bits per heavy atom. The fourth-order valence-corrected chi connectivity index (χ4v) is 6.63. The third-order valence-corrected chi connectivity index (χ3v) is 8.94. The molecule has 0 aliphatic carbocycles. The van der Waals surface area contributed by atoms with Gasteiger partial charge in [0.25, 0.3) is 0 Å². The SMILES string of the molecule is c1ccc(-c2ccc(-c3cc(-c4cccc5c4oc4ccccc45)nc(-c4ccc(-c5ccccc5)c5ccccc45)n3)cc2)cc1. The first-order valence-electron chi connectivity index (χ1n) is 15.8. The summed E-state index contributed by atoms with van der Waals surface area (Å²) in [6, 6.07) is 59.0. The molecule has 0 N–H and O–H groups in total. The van der Waals surface area contributed by atoms with Crippen LogP contribution >= 0.6 is 0 Å². The minimum atomic E-state index is 0.675. The topological polar surface area (TPSA) is 38.9 Å². The van der Waals surface area contributed by atoms with E-state index >= 15 is 0 Å². The van der Waals surface area contributed by atoms with Crippen LogP contribution in [0.2, 0.25) is 0 Å². The first-order chi connectivity index (χ1) is 23.3. The van der Waals surface area contributed by atoms with Crippen LogP contribution < -0.4 is 0 Å². The molecule has 47 heavy (non-hydrogen) atoms. The Balaban J connectivity index is 1.27. The molecule has 0 bridgehead atoms. The quantitative estimate of drug-likeness (QED) is 0.197. The third kappa shape index (κ3) is 4.77. The summed E-state index contributed by atoms with van der Waals surface area (Å²) < 4.78 is 6.47. The van der Waals surface area contributed by atoms with Crippen molar-refractivity contribution in [2.75, 3.05) is 0 Å². The van der Waals surface area contributed by atoms with Crippen LogP contribution in [0.4, 0.5) is 0 Å². The molecule has 0 radical (unpaired) electrons. The number of benzene rings is 7. The van der Waals surface area contributed by atoms with Gasteiger partial charge in [0.05, 0.1) is 11.4 Å². The van der Waals surface area contributed by atoms with Crippen LogP contribution in [0.15, 0.2) is 174 Å². The predicted molar refractivity (Wildman–Crippen MR) is 194 cm³/mol. The van der Waals surface area contributed by atoms with Gasteiger partial charge in [0.2, 0.25) is 0 Å². The maximum absolute atomic E-state index is 6.47. The summed E-state index contributed by atoms with van der Waals surface area (Å²) in [5.41, 5.74) is 11.0. The molecule has 2 aromatic heterocycles. The van der Waals surface area contributed by atoms with Crippen molar-refractivity contribution >= 4 is 32.7 Å². The summed E-state index contributed by atoms with van der Waals surface area (Å²) in [6.45, 7) is 0. The van der Waals surface area contributed by atoms with Gasteiger partial charge < -0.3 is 4.42 Å². The van der Waals surface area contributed by atoms with Crippen LogP contribution in [0.1, 0.15) is 0 Å². The normalized spacial score (nSPS) is 11.4. The third-order valence-electron chi connectivity index (χ3n) is 8.94. The average Bonchev–Trinajstić information content (AvgIpc) is 3.54. The summed E-state index contributed by atoms with van der Waals surface area (Å²) in [4.78, 5) is 10.5. The van der Waals surface area contributed by atoms with Crippen LogP contribution in [0.3, 0.4) is 0 Å². The molecule has 0 aliphatic heterocycles. The Hall–Kier alpha value is -6.32. The van der Waals surface area contributed by atoms with Crippen molar-refractivity contribution in [3.8, 4) is 56.2 Å². The molecule has 220 valence electrons. The first-order valence-corrected chi connectivity index (χ1v) is 15.8. The maximum atomic E-state index is 6.47. The Labute approximate surface area is 272 Å². The zero-order valence-electron chi connectivity index (χ0n) is 25.5. The van der Waals surface area contributed by atoms with E-state index in [9.17, 15) is 0 Å². The number of furan rings is 1. The van der Waals surface area contributed by atoms with Crippen LogP contribution in [-0.2, 0) is 0 Å². The Kier molecular flexibility index (Phi) is 6.46. The van der Waals surface area contributed by atoms with Crippen molar-refractivity contribution in [1.29, 1.82) is 0 Å². The summed E-state index contributed by atoms with van der Waals surface area (Å²) in [5.74, 6) is 0.675. The highest BCUT2D eigenvalue weighted by Crippen LogP contribution is 2.39. The lowest BCUT2D eigenvalue weighted by Gasteiger charge is -2.14. The van der Waals surface area contributed by atoms with E-state index < -0.39 is 0 Å². The smallest absolute Gasteiger partial charge is 0.161 e. The molecule has 0 fully saturated rings. The molecule has 3 heteroatoms. The van der Waals surface area contributed by atoms with E-state index in [0.29, 0.717) is 5.82 Å². The second-order valence-corrected chi connectivity index (χ2v) is 11.8. The lowest BCUT2D eigenvalue weighted by atomic mass is 9.94. The van der Waals surface area contributed by atoms with E-state index in [1.807, 2.05) is 24.3 Å². The van der Waals surface area contributed by atoms with Gasteiger partial charge in [-0.25, -0.2) is 9.97 Å². The number of para-hydroxylation sites is 2. The summed E-state index contributed by atoms with van der Waals surface area (Å²) in [6.07, 6.45) is 0. The van der Waals surface area contributed by atoms with Gasteiger partial charge in [-0.15, -0.1) is 0 Å². The number of aromatic nitrogens is 2. The minimum Gasteiger partial charge on any atom is -0.455 e. The highest BCUT2D eigenvalue weighted by atomic mass is 16.3. The molecule has 3 nitrogen and oxygen atoms in total. The van der Waals surface area contributed by atoms with Gasteiger partial charge >= 0.3 is 0 Å². The zero-order chi connectivity index (χ0) is 31.2. The predicted octanol–water partition coefficient (Wildman–Crippen LogP) is 11.9. The van der Waals surface area contributed by atoms with Gasteiger partial charge in [0.15, 0.2) is 5.82 Å². The molecule has 9 rings (SSSR count). The van der Waals surface area contributed by atoms with Gasteiger partial charge in [-0.2, -0.15) is 0 Å². The molecular weight excluding hydrogens is 572 g/mol. The average molecular weight is 601 g/mol. The van der Waals surface area contributed by atoms with Crippen LogP contribution in [-0.4, -0.2) is 9.97 Å². The number of nitrogens with zero attached hydrogens (tertiary/aromatic N) is 2. The van der Waals surface area contributed by atoms with Gasteiger partial charge in [0.1, 0.15) is 11.2 Å².